The fraction of sp³-hybridized carbons (Fsp3) is 0.500. The second kappa shape index (κ2) is 5.98. The van der Waals surface area contributed by atoms with Gasteiger partial charge in [0.05, 0.1) is 6.04 Å². The van der Waals surface area contributed by atoms with E-state index in [-0.39, 0.29) is 11.9 Å². The van der Waals surface area contributed by atoms with Gasteiger partial charge < -0.3 is 10.2 Å². The molecule has 1 aliphatic rings. The highest BCUT2D eigenvalue weighted by Gasteiger charge is 2.27. The van der Waals surface area contributed by atoms with E-state index >= 15 is 0 Å². The van der Waals surface area contributed by atoms with Crippen molar-refractivity contribution in [2.75, 3.05) is 23.3 Å². The summed E-state index contributed by atoms with van der Waals surface area (Å²) in [6.45, 7) is 9.30. The predicted octanol–water partition coefficient (Wildman–Crippen LogP) is 2.01. The standard InChI is InChI=1S/C16H22N6O/c1-10-11(2)17-12(3)18-16(10)21-7-5-14(9-21)22-8-6-15(20-22)19-13(4)23/h6,8,14H,5,7,9H2,1-4H3,(H,19,20,23)/t14-/m1/s1. The van der Waals surface area contributed by atoms with Gasteiger partial charge in [-0.05, 0) is 27.2 Å². The molecule has 2 aromatic heterocycles. The predicted molar refractivity (Wildman–Crippen MR) is 88.6 cm³/mol. The van der Waals surface area contributed by atoms with Crippen molar-refractivity contribution in [1.82, 2.24) is 19.7 Å². The first-order chi connectivity index (χ1) is 10.9. The Morgan fingerprint density at radius 3 is 2.83 bits per heavy atom. The summed E-state index contributed by atoms with van der Waals surface area (Å²) >= 11 is 0. The highest BCUT2D eigenvalue weighted by Crippen LogP contribution is 2.28. The summed E-state index contributed by atoms with van der Waals surface area (Å²) in [5.41, 5.74) is 2.17. The molecule has 7 heteroatoms. The molecular formula is C16H22N6O. The average Bonchev–Trinajstić information content (AvgIpc) is 3.11. The molecule has 1 atom stereocenters. The third kappa shape index (κ3) is 3.18. The molecule has 2 aromatic rings. The topological polar surface area (TPSA) is 75.9 Å². The third-order valence-corrected chi connectivity index (χ3v) is 4.22. The molecule has 1 saturated heterocycles. The van der Waals surface area contributed by atoms with Crippen molar-refractivity contribution in [2.45, 2.75) is 40.2 Å². The van der Waals surface area contributed by atoms with Gasteiger partial charge in [-0.1, -0.05) is 0 Å². The monoisotopic (exact) mass is 314 g/mol. The van der Waals surface area contributed by atoms with E-state index in [4.69, 9.17) is 0 Å². The molecule has 1 amide bonds. The molecule has 1 fully saturated rings. The Labute approximate surface area is 135 Å². The zero-order chi connectivity index (χ0) is 16.6. The van der Waals surface area contributed by atoms with Crippen LogP contribution in [0.15, 0.2) is 12.3 Å². The number of amides is 1. The second-order valence-electron chi connectivity index (χ2n) is 6.06. The van der Waals surface area contributed by atoms with Crippen molar-refractivity contribution < 1.29 is 4.79 Å². The van der Waals surface area contributed by atoms with Crippen molar-refractivity contribution in [1.29, 1.82) is 0 Å². The first-order valence-corrected chi connectivity index (χ1v) is 7.83. The van der Waals surface area contributed by atoms with Crippen LogP contribution < -0.4 is 10.2 Å². The summed E-state index contributed by atoms with van der Waals surface area (Å²) in [4.78, 5) is 22.4. The zero-order valence-corrected chi connectivity index (χ0v) is 14.0. The van der Waals surface area contributed by atoms with Crippen molar-refractivity contribution >= 4 is 17.5 Å². The van der Waals surface area contributed by atoms with Crippen molar-refractivity contribution in [3.05, 3.63) is 29.3 Å². The quantitative estimate of drug-likeness (QED) is 0.938. The Morgan fingerprint density at radius 2 is 2.09 bits per heavy atom. The van der Waals surface area contributed by atoms with Crippen molar-refractivity contribution in [3.8, 4) is 0 Å². The van der Waals surface area contributed by atoms with E-state index in [1.807, 2.05) is 30.8 Å². The minimum atomic E-state index is -0.106. The summed E-state index contributed by atoms with van der Waals surface area (Å²) in [5, 5.41) is 7.15. The lowest BCUT2D eigenvalue weighted by Crippen LogP contribution is -2.24. The Morgan fingerprint density at radius 1 is 1.30 bits per heavy atom. The fourth-order valence-electron chi connectivity index (χ4n) is 3.00. The van der Waals surface area contributed by atoms with Crippen LogP contribution in [0.5, 0.6) is 0 Å². The normalized spacial score (nSPS) is 17.6. The lowest BCUT2D eigenvalue weighted by molar-refractivity contribution is -0.114. The van der Waals surface area contributed by atoms with Crippen LogP contribution in [0.3, 0.4) is 0 Å². The first-order valence-electron chi connectivity index (χ1n) is 7.83. The number of aryl methyl sites for hydroxylation is 2. The van der Waals surface area contributed by atoms with E-state index in [2.05, 4.69) is 32.2 Å². The Kier molecular flexibility index (Phi) is 4.02. The van der Waals surface area contributed by atoms with E-state index in [9.17, 15) is 4.79 Å². The lowest BCUT2D eigenvalue weighted by Gasteiger charge is -2.21. The first kappa shape index (κ1) is 15.5. The van der Waals surface area contributed by atoms with E-state index < -0.39 is 0 Å². The zero-order valence-electron chi connectivity index (χ0n) is 14.0. The number of carbonyl (C=O) groups is 1. The van der Waals surface area contributed by atoms with Gasteiger partial charge in [0.15, 0.2) is 5.82 Å². The molecule has 1 aliphatic heterocycles. The van der Waals surface area contributed by atoms with Gasteiger partial charge in [0, 0.05) is 43.5 Å². The molecule has 122 valence electrons. The number of aromatic nitrogens is 4. The molecule has 1 N–H and O–H groups in total. The Hall–Kier alpha value is -2.44. The molecule has 0 aromatic carbocycles. The van der Waals surface area contributed by atoms with E-state index in [0.29, 0.717) is 5.82 Å². The van der Waals surface area contributed by atoms with E-state index in [1.165, 1.54) is 6.92 Å². The minimum absolute atomic E-state index is 0.106. The molecule has 23 heavy (non-hydrogen) atoms. The smallest absolute Gasteiger partial charge is 0.222 e. The SMILES string of the molecule is CC(=O)Nc1ccn([C@@H]2CCN(c3nc(C)nc(C)c3C)C2)n1. The molecular weight excluding hydrogens is 292 g/mol. The van der Waals surface area contributed by atoms with E-state index in [1.54, 1.807) is 0 Å². The third-order valence-electron chi connectivity index (χ3n) is 4.22. The number of nitrogens with one attached hydrogen (secondary N) is 1. The van der Waals surface area contributed by atoms with Crippen LogP contribution in [0.1, 0.15) is 36.5 Å². The summed E-state index contributed by atoms with van der Waals surface area (Å²) in [5.74, 6) is 2.32. The van der Waals surface area contributed by atoms with Gasteiger partial charge in [0.2, 0.25) is 5.91 Å². The summed E-state index contributed by atoms with van der Waals surface area (Å²) < 4.78 is 1.93. The van der Waals surface area contributed by atoms with Gasteiger partial charge in [0.1, 0.15) is 11.6 Å². The molecule has 7 nitrogen and oxygen atoms in total. The summed E-state index contributed by atoms with van der Waals surface area (Å²) in [6.07, 6.45) is 2.92. The van der Waals surface area contributed by atoms with Crippen LogP contribution in [0, 0.1) is 20.8 Å². The molecule has 3 heterocycles. The molecule has 0 bridgehead atoms. The number of hydrogen-bond acceptors (Lipinski definition) is 5. The molecule has 3 rings (SSSR count). The van der Waals surface area contributed by atoms with Crippen LogP contribution in [0.25, 0.3) is 0 Å². The van der Waals surface area contributed by atoms with Crippen LogP contribution in [-0.4, -0.2) is 38.7 Å². The van der Waals surface area contributed by atoms with Gasteiger partial charge in [0.25, 0.3) is 0 Å². The summed E-state index contributed by atoms with van der Waals surface area (Å²) in [6, 6.07) is 2.11. The van der Waals surface area contributed by atoms with E-state index in [0.717, 1.165) is 42.4 Å². The van der Waals surface area contributed by atoms with Gasteiger partial charge in [-0.3, -0.25) is 9.48 Å². The number of carbonyl (C=O) groups excluding carboxylic acids is 1. The largest absolute Gasteiger partial charge is 0.354 e. The Bertz CT molecular complexity index is 738. The second-order valence-corrected chi connectivity index (χ2v) is 6.06. The maximum absolute atomic E-state index is 11.1. The van der Waals surface area contributed by atoms with Crippen LogP contribution in [0.4, 0.5) is 11.6 Å². The number of anilines is 2. The molecule has 0 aliphatic carbocycles. The maximum Gasteiger partial charge on any atom is 0.222 e. The highest BCUT2D eigenvalue weighted by atomic mass is 16.1. The number of nitrogens with zero attached hydrogens (tertiary/aromatic N) is 5. The van der Waals surface area contributed by atoms with Crippen LogP contribution in [0.2, 0.25) is 0 Å². The molecule has 0 spiro atoms. The van der Waals surface area contributed by atoms with Gasteiger partial charge in [-0.2, -0.15) is 5.10 Å². The van der Waals surface area contributed by atoms with Crippen LogP contribution >= 0.6 is 0 Å². The number of rotatable bonds is 3. The number of hydrogen-bond donors (Lipinski definition) is 1. The maximum atomic E-state index is 11.1. The lowest BCUT2D eigenvalue weighted by atomic mass is 10.2. The van der Waals surface area contributed by atoms with Crippen molar-refractivity contribution in [2.24, 2.45) is 0 Å². The summed E-state index contributed by atoms with van der Waals surface area (Å²) in [7, 11) is 0. The molecule has 0 saturated carbocycles. The highest BCUT2D eigenvalue weighted by molar-refractivity contribution is 5.87. The van der Waals surface area contributed by atoms with Gasteiger partial charge >= 0.3 is 0 Å². The Balaban J connectivity index is 1.76. The molecule has 0 radical (unpaired) electrons. The molecule has 0 unspecified atom stereocenters. The van der Waals surface area contributed by atoms with Crippen molar-refractivity contribution in [3.63, 3.8) is 0 Å². The van der Waals surface area contributed by atoms with Crippen LogP contribution in [-0.2, 0) is 4.79 Å². The minimum Gasteiger partial charge on any atom is -0.354 e. The average molecular weight is 314 g/mol. The van der Waals surface area contributed by atoms with Gasteiger partial charge in [-0.15, -0.1) is 0 Å². The fourth-order valence-corrected chi connectivity index (χ4v) is 3.00. The van der Waals surface area contributed by atoms with Gasteiger partial charge in [-0.25, -0.2) is 9.97 Å².